The van der Waals surface area contributed by atoms with Gasteiger partial charge in [-0.15, -0.1) is 10.1 Å². The molecule has 0 aliphatic rings. The van der Waals surface area contributed by atoms with Gasteiger partial charge in [-0.05, 0) is 6.92 Å². The van der Waals surface area contributed by atoms with Gasteiger partial charge in [0, 0.05) is 0 Å². The van der Waals surface area contributed by atoms with Crippen LogP contribution in [0.5, 0.6) is 0 Å². The smallest absolute Gasteiger partial charge is 0.306 e. The predicted molar refractivity (Wildman–Crippen MR) is 56.8 cm³/mol. The van der Waals surface area contributed by atoms with E-state index in [1.54, 1.807) is 0 Å². The lowest BCUT2D eigenvalue weighted by atomic mass is 10.4. The molecule has 0 amide bonds. The first-order valence-electron chi connectivity index (χ1n) is 4.80. The van der Waals surface area contributed by atoms with E-state index in [1.165, 1.54) is 6.92 Å². The summed E-state index contributed by atoms with van der Waals surface area (Å²) in [7, 11) is 0. The summed E-state index contributed by atoms with van der Waals surface area (Å²) >= 11 is 0. The maximum absolute atomic E-state index is 11.8. The van der Waals surface area contributed by atoms with E-state index < -0.39 is 27.9 Å². The lowest BCUT2D eigenvalue weighted by Crippen LogP contribution is -2.20. The minimum absolute atomic E-state index is 0.0544. The van der Waals surface area contributed by atoms with Gasteiger partial charge in [0.05, 0.1) is 4.92 Å². The molecule has 0 unspecified atom stereocenters. The SMILES string of the molecule is Cc1nc2nc(CO[N+](=O)[O-])[nH]n2c(=O)c1[N+](=O)[O-]. The highest BCUT2D eigenvalue weighted by molar-refractivity contribution is 5.39. The Balaban J connectivity index is 2.54. The molecule has 2 aromatic rings. The number of hydrogen-bond donors (Lipinski definition) is 1. The van der Waals surface area contributed by atoms with Gasteiger partial charge < -0.3 is 4.84 Å². The van der Waals surface area contributed by atoms with Gasteiger partial charge in [0.25, 0.3) is 10.9 Å². The van der Waals surface area contributed by atoms with Gasteiger partial charge in [-0.25, -0.2) is 4.98 Å². The van der Waals surface area contributed by atoms with E-state index in [0.717, 1.165) is 4.52 Å². The molecule has 0 aliphatic carbocycles. The summed E-state index contributed by atoms with van der Waals surface area (Å²) in [5, 5.41) is 22.0. The van der Waals surface area contributed by atoms with Crippen LogP contribution in [0.1, 0.15) is 11.5 Å². The maximum Gasteiger partial charge on any atom is 0.357 e. The summed E-state index contributed by atoms with van der Waals surface area (Å²) in [4.78, 5) is 43.2. The Labute approximate surface area is 102 Å². The fourth-order valence-corrected chi connectivity index (χ4v) is 1.44. The highest BCUT2D eigenvalue weighted by Gasteiger charge is 2.22. The predicted octanol–water partition coefficient (Wildman–Crippen LogP) is -0.657. The average Bonchev–Trinajstić information content (AvgIpc) is 2.69. The number of nitrogens with zero attached hydrogens (tertiary/aromatic N) is 5. The first-order valence-corrected chi connectivity index (χ1v) is 4.80. The molecule has 0 fully saturated rings. The Hall–Kier alpha value is -3.05. The fraction of sp³-hybridized carbons (Fsp3) is 0.286. The summed E-state index contributed by atoms with van der Waals surface area (Å²) in [5.41, 5.74) is -1.74. The van der Waals surface area contributed by atoms with Gasteiger partial charge in [-0.2, -0.15) is 9.50 Å². The molecule has 2 aromatic heterocycles. The third-order valence-corrected chi connectivity index (χ3v) is 2.18. The molecule has 0 saturated heterocycles. The van der Waals surface area contributed by atoms with Crippen LogP contribution >= 0.6 is 0 Å². The summed E-state index contributed by atoms with van der Waals surface area (Å²) in [5.74, 6) is -0.184. The van der Waals surface area contributed by atoms with Crippen molar-refractivity contribution in [3.05, 3.63) is 42.1 Å². The van der Waals surface area contributed by atoms with Crippen molar-refractivity contribution in [2.75, 3.05) is 0 Å². The van der Waals surface area contributed by atoms with Gasteiger partial charge in [0.2, 0.25) is 0 Å². The number of hydrogen-bond acceptors (Lipinski definition) is 8. The average molecular weight is 270 g/mol. The molecule has 2 heterocycles. The molecular weight excluding hydrogens is 264 g/mol. The molecule has 0 radical (unpaired) electrons. The topological polar surface area (TPSA) is 159 Å². The maximum atomic E-state index is 11.8. The quantitative estimate of drug-likeness (QED) is 0.566. The van der Waals surface area contributed by atoms with E-state index in [4.69, 9.17) is 0 Å². The Morgan fingerprint density at radius 2 is 2.05 bits per heavy atom. The molecule has 1 N–H and O–H groups in total. The molecule has 0 aliphatic heterocycles. The monoisotopic (exact) mass is 270 g/mol. The van der Waals surface area contributed by atoms with E-state index in [9.17, 15) is 25.0 Å². The molecule has 100 valence electrons. The Kier molecular flexibility index (Phi) is 2.82. The minimum Gasteiger partial charge on any atom is -0.306 e. The first-order chi connectivity index (χ1) is 8.90. The van der Waals surface area contributed by atoms with Crippen molar-refractivity contribution < 1.29 is 14.8 Å². The van der Waals surface area contributed by atoms with Crippen LogP contribution in [0.2, 0.25) is 0 Å². The number of aromatic amines is 1. The summed E-state index contributed by atoms with van der Waals surface area (Å²) in [6.07, 6.45) is 0. The Morgan fingerprint density at radius 3 is 2.63 bits per heavy atom. The van der Waals surface area contributed by atoms with E-state index in [2.05, 4.69) is 19.9 Å². The molecular formula is C7H6N6O6. The number of rotatable bonds is 4. The largest absolute Gasteiger partial charge is 0.357 e. The zero-order valence-electron chi connectivity index (χ0n) is 9.39. The third-order valence-electron chi connectivity index (χ3n) is 2.18. The van der Waals surface area contributed by atoms with Gasteiger partial charge in [-0.3, -0.25) is 20.0 Å². The van der Waals surface area contributed by atoms with Crippen LogP contribution in [0.3, 0.4) is 0 Å². The fourth-order valence-electron chi connectivity index (χ4n) is 1.44. The van der Waals surface area contributed by atoms with Crippen LogP contribution in [0.25, 0.3) is 5.78 Å². The van der Waals surface area contributed by atoms with Gasteiger partial charge >= 0.3 is 11.2 Å². The van der Waals surface area contributed by atoms with E-state index >= 15 is 0 Å². The normalized spacial score (nSPS) is 10.6. The van der Waals surface area contributed by atoms with Gasteiger partial charge in [0.1, 0.15) is 5.69 Å². The number of nitro groups is 1. The molecule has 0 bridgehead atoms. The molecule has 0 aromatic carbocycles. The van der Waals surface area contributed by atoms with Gasteiger partial charge in [0.15, 0.2) is 12.4 Å². The second kappa shape index (κ2) is 4.32. The molecule has 12 heteroatoms. The number of nitrogens with one attached hydrogen (secondary N) is 1. The molecule has 12 nitrogen and oxygen atoms in total. The van der Waals surface area contributed by atoms with Crippen molar-refractivity contribution in [3.8, 4) is 0 Å². The van der Waals surface area contributed by atoms with Crippen LogP contribution in [-0.2, 0) is 11.4 Å². The lowest BCUT2D eigenvalue weighted by molar-refractivity contribution is -0.763. The van der Waals surface area contributed by atoms with Crippen LogP contribution in [-0.4, -0.2) is 29.6 Å². The van der Waals surface area contributed by atoms with Crippen LogP contribution in [0.15, 0.2) is 4.79 Å². The second-order valence-corrected chi connectivity index (χ2v) is 3.41. The summed E-state index contributed by atoms with van der Waals surface area (Å²) < 4.78 is 0.726. The Morgan fingerprint density at radius 1 is 1.37 bits per heavy atom. The Bertz CT molecular complexity index is 731. The van der Waals surface area contributed by atoms with Crippen molar-refractivity contribution in [3.63, 3.8) is 0 Å². The standard InChI is InChI=1S/C7H6N6O6/c1-3-5(12(15)16)6(14)11-7(8-3)9-4(10-11)2-19-13(17)18/h2H2,1H3,(H,8,9,10). The number of H-pyrrole nitrogens is 1. The minimum atomic E-state index is -1.03. The van der Waals surface area contributed by atoms with Gasteiger partial charge in [-0.1, -0.05) is 0 Å². The number of aromatic nitrogens is 4. The summed E-state index contributed by atoms with van der Waals surface area (Å²) in [6.45, 7) is 0.768. The highest BCUT2D eigenvalue weighted by Crippen LogP contribution is 2.10. The molecule has 0 spiro atoms. The number of fused-ring (bicyclic) bond motifs is 1. The van der Waals surface area contributed by atoms with Crippen LogP contribution in [0, 0.1) is 27.2 Å². The van der Waals surface area contributed by atoms with E-state index in [1.807, 2.05) is 0 Å². The summed E-state index contributed by atoms with van der Waals surface area (Å²) in [6, 6.07) is 0. The molecule has 19 heavy (non-hydrogen) atoms. The molecule has 0 atom stereocenters. The lowest BCUT2D eigenvalue weighted by Gasteiger charge is -1.95. The van der Waals surface area contributed by atoms with E-state index in [-0.39, 0.29) is 17.3 Å². The van der Waals surface area contributed by atoms with Crippen LogP contribution < -0.4 is 5.56 Å². The van der Waals surface area contributed by atoms with Crippen molar-refractivity contribution in [2.45, 2.75) is 13.5 Å². The van der Waals surface area contributed by atoms with Crippen molar-refractivity contribution in [2.24, 2.45) is 0 Å². The zero-order valence-corrected chi connectivity index (χ0v) is 9.39. The van der Waals surface area contributed by atoms with Crippen molar-refractivity contribution >= 4 is 11.5 Å². The van der Waals surface area contributed by atoms with Crippen molar-refractivity contribution in [1.82, 2.24) is 19.6 Å². The van der Waals surface area contributed by atoms with E-state index in [0.29, 0.717) is 0 Å². The molecule has 0 saturated carbocycles. The highest BCUT2D eigenvalue weighted by atomic mass is 16.9. The molecule has 2 rings (SSSR count). The zero-order chi connectivity index (χ0) is 14.2. The third kappa shape index (κ3) is 2.18. The van der Waals surface area contributed by atoms with Crippen molar-refractivity contribution in [1.29, 1.82) is 0 Å². The number of aryl methyl sites for hydroxylation is 1. The first kappa shape index (κ1) is 12.4. The second-order valence-electron chi connectivity index (χ2n) is 3.41. The van der Waals surface area contributed by atoms with Crippen LogP contribution in [0.4, 0.5) is 5.69 Å².